The molecular formula is C18H18O3. The predicted octanol–water partition coefficient (Wildman–Crippen LogP) is 3.96. The lowest BCUT2D eigenvalue weighted by Crippen LogP contribution is -2.08. The molecule has 3 heteroatoms. The van der Waals surface area contributed by atoms with Crippen LogP contribution in [0, 0.1) is 0 Å². The number of carbonyl (C=O) groups is 3. The number of allylic oxidation sites excluding steroid dienone is 6. The number of hydrogen-bond donors (Lipinski definition) is 0. The average Bonchev–Trinajstić information content (AvgIpc) is 2.47. The van der Waals surface area contributed by atoms with Crippen LogP contribution >= 0.6 is 0 Å². The second-order valence-electron chi connectivity index (χ2n) is 4.35. The van der Waals surface area contributed by atoms with Crippen LogP contribution in [0.2, 0.25) is 0 Å². The Kier molecular flexibility index (Phi) is 6.21. The molecule has 0 atom stereocenters. The van der Waals surface area contributed by atoms with E-state index in [1.54, 1.807) is 45.1 Å². The van der Waals surface area contributed by atoms with Crippen molar-refractivity contribution in [3.05, 3.63) is 71.3 Å². The quantitative estimate of drug-likeness (QED) is 0.586. The first kappa shape index (κ1) is 16.5. The third kappa shape index (κ3) is 4.21. The van der Waals surface area contributed by atoms with E-state index in [0.29, 0.717) is 11.1 Å². The third-order valence-electron chi connectivity index (χ3n) is 2.79. The molecule has 0 unspecified atom stereocenters. The van der Waals surface area contributed by atoms with Crippen LogP contribution in [0.3, 0.4) is 0 Å². The lowest BCUT2D eigenvalue weighted by atomic mass is 9.95. The molecule has 0 aliphatic rings. The van der Waals surface area contributed by atoms with Gasteiger partial charge in [-0.25, -0.2) is 0 Å². The first-order chi connectivity index (χ1) is 10.0. The van der Waals surface area contributed by atoms with Gasteiger partial charge in [-0.2, -0.15) is 0 Å². The Morgan fingerprint density at radius 3 is 1.71 bits per heavy atom. The van der Waals surface area contributed by atoms with Crippen LogP contribution in [0.15, 0.2) is 54.7 Å². The van der Waals surface area contributed by atoms with Gasteiger partial charge in [0.05, 0.1) is 0 Å². The molecule has 0 aliphatic carbocycles. The highest BCUT2D eigenvalue weighted by atomic mass is 16.1. The molecule has 0 aliphatic heterocycles. The highest BCUT2D eigenvalue weighted by Crippen LogP contribution is 2.16. The highest BCUT2D eigenvalue weighted by Gasteiger charge is 2.16. The van der Waals surface area contributed by atoms with Gasteiger partial charge in [0, 0.05) is 16.7 Å². The molecule has 21 heavy (non-hydrogen) atoms. The van der Waals surface area contributed by atoms with Crippen LogP contribution < -0.4 is 0 Å². The summed E-state index contributed by atoms with van der Waals surface area (Å²) < 4.78 is 0. The Hall–Kier alpha value is -2.55. The summed E-state index contributed by atoms with van der Waals surface area (Å²) >= 11 is 0. The zero-order chi connectivity index (χ0) is 15.8. The normalized spacial score (nSPS) is 11.6. The monoisotopic (exact) mass is 282 g/mol. The maximum atomic E-state index is 12.1. The van der Waals surface area contributed by atoms with Crippen molar-refractivity contribution in [3.63, 3.8) is 0 Å². The summed E-state index contributed by atoms with van der Waals surface area (Å²) in [5.41, 5.74) is 0.928. The maximum Gasteiger partial charge on any atom is 0.186 e. The molecule has 3 nitrogen and oxygen atoms in total. The van der Waals surface area contributed by atoms with Crippen molar-refractivity contribution in [2.45, 2.75) is 20.8 Å². The van der Waals surface area contributed by atoms with Gasteiger partial charge < -0.3 is 0 Å². The lowest BCUT2D eigenvalue weighted by molar-refractivity contribution is 0.101. The molecule has 0 aromatic heterocycles. The fraction of sp³-hybridized carbons (Fsp3) is 0.167. The van der Waals surface area contributed by atoms with Gasteiger partial charge in [-0.3, -0.25) is 14.4 Å². The van der Waals surface area contributed by atoms with Gasteiger partial charge in [0.15, 0.2) is 17.3 Å². The van der Waals surface area contributed by atoms with Crippen molar-refractivity contribution in [3.8, 4) is 0 Å². The summed E-state index contributed by atoms with van der Waals surface area (Å²) in [6.07, 6.45) is 9.06. The Labute approximate surface area is 124 Å². The van der Waals surface area contributed by atoms with Crippen LogP contribution in [0.25, 0.3) is 0 Å². The summed E-state index contributed by atoms with van der Waals surface area (Å²) in [6, 6.07) is 4.56. The number of benzene rings is 1. The van der Waals surface area contributed by atoms with Crippen LogP contribution in [-0.4, -0.2) is 17.3 Å². The van der Waals surface area contributed by atoms with E-state index in [-0.39, 0.29) is 22.9 Å². The molecule has 0 saturated heterocycles. The van der Waals surface area contributed by atoms with Gasteiger partial charge in [0.25, 0.3) is 0 Å². The van der Waals surface area contributed by atoms with Crippen molar-refractivity contribution in [1.82, 2.24) is 0 Å². The van der Waals surface area contributed by atoms with Gasteiger partial charge in [-0.15, -0.1) is 0 Å². The Morgan fingerprint density at radius 2 is 1.19 bits per heavy atom. The fourth-order valence-corrected chi connectivity index (χ4v) is 1.85. The van der Waals surface area contributed by atoms with E-state index < -0.39 is 0 Å². The van der Waals surface area contributed by atoms with E-state index in [1.165, 1.54) is 30.4 Å². The molecule has 0 fully saturated rings. The van der Waals surface area contributed by atoms with Crippen LogP contribution in [0.1, 0.15) is 51.8 Å². The van der Waals surface area contributed by atoms with E-state index in [0.717, 1.165) is 0 Å². The zero-order valence-electron chi connectivity index (χ0n) is 12.4. The summed E-state index contributed by atoms with van der Waals surface area (Å²) in [5.74, 6) is -0.743. The lowest BCUT2D eigenvalue weighted by Gasteiger charge is -2.06. The van der Waals surface area contributed by atoms with Gasteiger partial charge in [-0.05, 0) is 51.1 Å². The minimum Gasteiger partial charge on any atom is -0.289 e. The van der Waals surface area contributed by atoms with Crippen LogP contribution in [-0.2, 0) is 0 Å². The molecule has 0 bridgehead atoms. The van der Waals surface area contributed by atoms with Crippen molar-refractivity contribution in [1.29, 1.82) is 0 Å². The second-order valence-corrected chi connectivity index (χ2v) is 4.35. The predicted molar refractivity (Wildman–Crippen MR) is 83.9 cm³/mol. The summed E-state index contributed by atoms with van der Waals surface area (Å²) in [7, 11) is 0. The average molecular weight is 282 g/mol. The molecule has 0 radical (unpaired) electrons. The van der Waals surface area contributed by atoms with Gasteiger partial charge >= 0.3 is 0 Å². The van der Waals surface area contributed by atoms with E-state index >= 15 is 0 Å². The largest absolute Gasteiger partial charge is 0.289 e. The molecule has 0 spiro atoms. The molecule has 108 valence electrons. The highest BCUT2D eigenvalue weighted by molar-refractivity contribution is 6.17. The Bertz CT molecular complexity index is 646. The van der Waals surface area contributed by atoms with E-state index in [4.69, 9.17) is 0 Å². The topological polar surface area (TPSA) is 51.2 Å². The maximum absolute atomic E-state index is 12.1. The van der Waals surface area contributed by atoms with Crippen molar-refractivity contribution in [2.24, 2.45) is 0 Å². The summed E-state index contributed by atoms with van der Waals surface area (Å²) in [6.45, 7) is 5.20. The molecule has 1 aromatic rings. The van der Waals surface area contributed by atoms with E-state index in [9.17, 15) is 14.4 Å². The van der Waals surface area contributed by atoms with Gasteiger partial charge in [0.2, 0.25) is 0 Å². The number of hydrogen-bond acceptors (Lipinski definition) is 3. The van der Waals surface area contributed by atoms with E-state index in [2.05, 4.69) is 0 Å². The number of rotatable bonds is 6. The Morgan fingerprint density at radius 1 is 0.714 bits per heavy atom. The van der Waals surface area contributed by atoms with Crippen molar-refractivity contribution in [2.75, 3.05) is 0 Å². The molecule has 1 rings (SSSR count). The van der Waals surface area contributed by atoms with Crippen LogP contribution in [0.4, 0.5) is 0 Å². The molecule has 0 amide bonds. The fourth-order valence-electron chi connectivity index (χ4n) is 1.85. The number of ketones is 3. The first-order valence-electron chi connectivity index (χ1n) is 6.70. The smallest absolute Gasteiger partial charge is 0.186 e. The standard InChI is InChI=1S/C18H18O3/c1-4-7-16(19)13-10-11-14(17(20)8-5-2)15(12-13)18(21)9-6-3/h4-12H,1-3H3/b7-4+,8-5+,9-6+. The Balaban J connectivity index is 3.42. The molecule has 0 N–H and O–H groups in total. The summed E-state index contributed by atoms with van der Waals surface area (Å²) in [4.78, 5) is 36.0. The summed E-state index contributed by atoms with van der Waals surface area (Å²) in [5, 5.41) is 0. The molecular weight excluding hydrogens is 264 g/mol. The van der Waals surface area contributed by atoms with E-state index in [1.807, 2.05) is 0 Å². The molecule has 0 saturated carbocycles. The second kappa shape index (κ2) is 7.90. The van der Waals surface area contributed by atoms with Crippen molar-refractivity contribution < 1.29 is 14.4 Å². The van der Waals surface area contributed by atoms with Gasteiger partial charge in [-0.1, -0.05) is 24.3 Å². The molecule has 1 aromatic carbocycles. The minimum atomic E-state index is -0.291. The third-order valence-corrected chi connectivity index (χ3v) is 2.79. The number of carbonyl (C=O) groups excluding carboxylic acids is 3. The van der Waals surface area contributed by atoms with Gasteiger partial charge in [0.1, 0.15) is 0 Å². The van der Waals surface area contributed by atoms with Crippen molar-refractivity contribution >= 4 is 17.3 Å². The first-order valence-corrected chi connectivity index (χ1v) is 6.70. The minimum absolute atomic E-state index is 0.197. The molecule has 0 heterocycles. The van der Waals surface area contributed by atoms with Crippen LogP contribution in [0.5, 0.6) is 0 Å². The SMILES string of the molecule is C/C=C/C(=O)c1ccc(C(=O)/C=C/C)c(C(=O)/C=C/C)c1. The zero-order valence-corrected chi connectivity index (χ0v) is 12.4.